The Morgan fingerprint density at radius 2 is 1.78 bits per heavy atom. The fourth-order valence-corrected chi connectivity index (χ4v) is 4.11. The third-order valence-corrected chi connectivity index (χ3v) is 5.93. The summed E-state index contributed by atoms with van der Waals surface area (Å²) in [5.74, 6) is 0.0907. The van der Waals surface area contributed by atoms with E-state index in [-0.39, 0.29) is 11.5 Å². The van der Waals surface area contributed by atoms with E-state index in [9.17, 15) is 9.59 Å². The predicted molar refractivity (Wildman–Crippen MR) is 134 cm³/mol. The number of rotatable bonds is 12. The number of nitrogens with zero attached hydrogens (tertiary/aromatic N) is 2. The van der Waals surface area contributed by atoms with Crippen molar-refractivity contribution < 1.29 is 4.79 Å². The standard InChI is InChI=1S/C25H32N4O2S/c1-2-28(20-12-5-3-6-13-20)18-11-17-26-23(30)16-7-4-10-19-29-24(31)21-14-8-9-15-22(21)27-25(29)32/h3,5-6,8-9,12-15H,2,4,7,10-11,16-19H2,1H3,(H,26,30)(H,27,32). The number of carbonyl (C=O) groups is 1. The van der Waals surface area contributed by atoms with Crippen LogP contribution in [0.25, 0.3) is 10.9 Å². The molecule has 0 aliphatic rings. The van der Waals surface area contributed by atoms with Crippen molar-refractivity contribution in [2.24, 2.45) is 0 Å². The van der Waals surface area contributed by atoms with Crippen molar-refractivity contribution in [1.82, 2.24) is 14.9 Å². The van der Waals surface area contributed by atoms with E-state index in [4.69, 9.17) is 12.2 Å². The van der Waals surface area contributed by atoms with Crippen LogP contribution in [0.3, 0.4) is 0 Å². The van der Waals surface area contributed by atoms with Crippen LogP contribution in [0.4, 0.5) is 5.69 Å². The van der Waals surface area contributed by atoms with Crippen LogP contribution in [-0.4, -0.2) is 35.1 Å². The summed E-state index contributed by atoms with van der Waals surface area (Å²) < 4.78 is 2.06. The zero-order chi connectivity index (χ0) is 22.8. The maximum atomic E-state index is 12.6. The van der Waals surface area contributed by atoms with Gasteiger partial charge in [0.2, 0.25) is 5.91 Å². The Labute approximate surface area is 194 Å². The first-order valence-corrected chi connectivity index (χ1v) is 11.8. The van der Waals surface area contributed by atoms with Gasteiger partial charge in [-0.2, -0.15) is 0 Å². The van der Waals surface area contributed by atoms with Crippen LogP contribution in [-0.2, 0) is 11.3 Å². The van der Waals surface area contributed by atoms with Gasteiger partial charge in [-0.25, -0.2) is 0 Å². The molecule has 0 atom stereocenters. The van der Waals surface area contributed by atoms with Crippen molar-refractivity contribution in [2.45, 2.75) is 45.6 Å². The fraction of sp³-hybridized carbons (Fsp3) is 0.400. The Bertz CT molecular complexity index is 1120. The van der Waals surface area contributed by atoms with Gasteiger partial charge in [-0.05, 0) is 62.7 Å². The van der Waals surface area contributed by atoms with Crippen molar-refractivity contribution >= 4 is 34.7 Å². The summed E-state index contributed by atoms with van der Waals surface area (Å²) in [4.78, 5) is 30.2. The SMILES string of the molecule is CCN(CCCNC(=O)CCCCCn1c(=S)[nH]c2ccccc2c1=O)c1ccccc1. The number of carbonyl (C=O) groups excluding carboxylic acids is 1. The average molecular weight is 453 g/mol. The summed E-state index contributed by atoms with van der Waals surface area (Å²) in [6, 6.07) is 17.7. The lowest BCUT2D eigenvalue weighted by Crippen LogP contribution is -2.29. The molecule has 0 fully saturated rings. The smallest absolute Gasteiger partial charge is 0.262 e. The molecule has 2 aromatic carbocycles. The van der Waals surface area contributed by atoms with Crippen molar-refractivity contribution in [1.29, 1.82) is 0 Å². The lowest BCUT2D eigenvalue weighted by molar-refractivity contribution is -0.121. The lowest BCUT2D eigenvalue weighted by atomic mass is 10.2. The number of hydrogen-bond donors (Lipinski definition) is 2. The number of hydrogen-bond acceptors (Lipinski definition) is 4. The molecule has 0 saturated carbocycles. The quantitative estimate of drug-likeness (QED) is 0.310. The fourth-order valence-electron chi connectivity index (χ4n) is 3.83. The molecule has 7 heteroatoms. The Balaban J connectivity index is 1.33. The number of anilines is 1. The number of fused-ring (bicyclic) bond motifs is 1. The van der Waals surface area contributed by atoms with E-state index in [0.717, 1.165) is 44.3 Å². The molecule has 1 heterocycles. The van der Waals surface area contributed by atoms with Gasteiger partial charge >= 0.3 is 0 Å². The van der Waals surface area contributed by atoms with Crippen molar-refractivity contribution in [2.75, 3.05) is 24.5 Å². The highest BCUT2D eigenvalue weighted by atomic mass is 32.1. The van der Waals surface area contributed by atoms with E-state index >= 15 is 0 Å². The van der Waals surface area contributed by atoms with Crippen molar-refractivity contribution in [3.63, 3.8) is 0 Å². The van der Waals surface area contributed by atoms with E-state index in [1.807, 2.05) is 42.5 Å². The van der Waals surface area contributed by atoms with Crippen molar-refractivity contribution in [3.05, 3.63) is 69.7 Å². The molecule has 32 heavy (non-hydrogen) atoms. The summed E-state index contributed by atoms with van der Waals surface area (Å²) in [6.45, 7) is 5.26. The topological polar surface area (TPSA) is 70.1 Å². The number of unbranched alkanes of at least 4 members (excludes halogenated alkanes) is 2. The molecule has 1 aromatic heterocycles. The molecule has 0 aliphatic heterocycles. The highest BCUT2D eigenvalue weighted by Gasteiger charge is 2.07. The van der Waals surface area contributed by atoms with Gasteiger partial charge in [0.05, 0.1) is 10.9 Å². The molecule has 0 aliphatic carbocycles. The minimum atomic E-state index is -0.0567. The summed E-state index contributed by atoms with van der Waals surface area (Å²) in [5.41, 5.74) is 1.92. The molecule has 1 amide bonds. The summed E-state index contributed by atoms with van der Waals surface area (Å²) in [7, 11) is 0. The number of aromatic nitrogens is 2. The number of benzene rings is 2. The number of para-hydroxylation sites is 2. The van der Waals surface area contributed by atoms with Crippen LogP contribution in [0.2, 0.25) is 0 Å². The number of amides is 1. The minimum absolute atomic E-state index is 0.0567. The normalized spacial score (nSPS) is 10.9. The molecule has 0 radical (unpaired) electrons. The molecule has 3 rings (SSSR count). The van der Waals surface area contributed by atoms with Crippen LogP contribution in [0, 0.1) is 4.77 Å². The Morgan fingerprint density at radius 3 is 2.56 bits per heavy atom. The van der Waals surface area contributed by atoms with Crippen LogP contribution < -0.4 is 15.8 Å². The third-order valence-electron chi connectivity index (χ3n) is 5.60. The molecular formula is C25H32N4O2S. The highest BCUT2D eigenvalue weighted by Crippen LogP contribution is 2.13. The number of nitrogens with one attached hydrogen (secondary N) is 2. The minimum Gasteiger partial charge on any atom is -0.372 e. The monoisotopic (exact) mass is 452 g/mol. The van der Waals surface area contributed by atoms with Gasteiger partial charge < -0.3 is 15.2 Å². The molecule has 0 saturated heterocycles. The molecule has 3 aromatic rings. The van der Waals surface area contributed by atoms with E-state index in [0.29, 0.717) is 29.7 Å². The predicted octanol–water partition coefficient (Wildman–Crippen LogP) is 4.65. The largest absolute Gasteiger partial charge is 0.372 e. The van der Waals surface area contributed by atoms with E-state index in [1.54, 1.807) is 4.57 Å². The zero-order valence-electron chi connectivity index (χ0n) is 18.7. The Hall–Kier alpha value is -2.93. The molecule has 170 valence electrons. The van der Waals surface area contributed by atoms with E-state index < -0.39 is 0 Å². The van der Waals surface area contributed by atoms with Gasteiger partial charge in [-0.1, -0.05) is 36.8 Å². The third kappa shape index (κ3) is 6.53. The van der Waals surface area contributed by atoms with E-state index in [1.165, 1.54) is 5.69 Å². The van der Waals surface area contributed by atoms with E-state index in [2.05, 4.69) is 34.3 Å². The van der Waals surface area contributed by atoms with Gasteiger partial charge in [0.1, 0.15) is 0 Å². The second-order valence-electron chi connectivity index (χ2n) is 7.86. The maximum Gasteiger partial charge on any atom is 0.262 e. The number of H-pyrrole nitrogens is 1. The molecule has 0 unspecified atom stereocenters. The molecular weight excluding hydrogens is 420 g/mol. The van der Waals surface area contributed by atoms with Crippen LogP contribution in [0.5, 0.6) is 0 Å². The molecule has 0 spiro atoms. The average Bonchev–Trinajstić information content (AvgIpc) is 2.81. The van der Waals surface area contributed by atoms with Crippen LogP contribution >= 0.6 is 12.2 Å². The van der Waals surface area contributed by atoms with Gasteiger partial charge in [0, 0.05) is 38.3 Å². The second-order valence-corrected chi connectivity index (χ2v) is 8.25. The molecule has 0 bridgehead atoms. The zero-order valence-corrected chi connectivity index (χ0v) is 19.5. The summed E-state index contributed by atoms with van der Waals surface area (Å²) in [6.07, 6.45) is 3.91. The van der Waals surface area contributed by atoms with Gasteiger partial charge in [0.15, 0.2) is 4.77 Å². The second kappa shape index (κ2) is 12.2. The lowest BCUT2D eigenvalue weighted by Gasteiger charge is -2.23. The molecule has 2 N–H and O–H groups in total. The Kier molecular flexibility index (Phi) is 9.04. The Morgan fingerprint density at radius 1 is 1.03 bits per heavy atom. The van der Waals surface area contributed by atoms with Crippen LogP contribution in [0.1, 0.15) is 39.0 Å². The first-order chi connectivity index (χ1) is 15.6. The molecule has 6 nitrogen and oxygen atoms in total. The van der Waals surface area contributed by atoms with Gasteiger partial charge in [-0.15, -0.1) is 0 Å². The van der Waals surface area contributed by atoms with Crippen molar-refractivity contribution in [3.8, 4) is 0 Å². The number of aromatic amines is 1. The maximum absolute atomic E-state index is 12.6. The highest BCUT2D eigenvalue weighted by molar-refractivity contribution is 7.71. The summed E-state index contributed by atoms with van der Waals surface area (Å²) >= 11 is 5.34. The first kappa shape index (κ1) is 23.7. The van der Waals surface area contributed by atoms with Gasteiger partial charge in [0.25, 0.3) is 5.56 Å². The first-order valence-electron chi connectivity index (χ1n) is 11.4. The van der Waals surface area contributed by atoms with Crippen LogP contribution in [0.15, 0.2) is 59.4 Å². The summed E-state index contributed by atoms with van der Waals surface area (Å²) in [5, 5.41) is 3.67. The van der Waals surface area contributed by atoms with Gasteiger partial charge in [-0.3, -0.25) is 14.2 Å².